The van der Waals surface area contributed by atoms with Crippen LogP contribution in [0.3, 0.4) is 0 Å². The lowest BCUT2D eigenvalue weighted by Crippen LogP contribution is -1.99. The number of azo groups is 1. The van der Waals surface area contributed by atoms with Gasteiger partial charge in [0.2, 0.25) is 16.5 Å². The summed E-state index contributed by atoms with van der Waals surface area (Å²) < 4.78 is 0. The van der Waals surface area contributed by atoms with E-state index >= 15 is 0 Å². The molecule has 3 heterocycles. The highest BCUT2D eigenvalue weighted by Gasteiger charge is 2.16. The number of phenols is 1. The number of thiazole rings is 1. The van der Waals surface area contributed by atoms with Crippen LogP contribution < -0.4 is 5.32 Å². The van der Waals surface area contributed by atoms with Crippen molar-refractivity contribution in [3.8, 4) is 17.1 Å². The number of aromatic nitrogens is 5. The number of hydrogen-bond donors (Lipinski definition) is 2. The molecule has 3 aromatic heterocycles. The first-order valence-corrected chi connectivity index (χ1v) is 9.61. The fraction of sp³-hybridized carbons (Fsp3) is 0. The second kappa shape index (κ2) is 8.43. The Kier molecular flexibility index (Phi) is 5.56. The van der Waals surface area contributed by atoms with Crippen LogP contribution >= 0.6 is 34.5 Å². The van der Waals surface area contributed by atoms with Gasteiger partial charge in [-0.3, -0.25) is 10.3 Å². The lowest BCUT2D eigenvalue weighted by molar-refractivity contribution is 0.475. The number of pyridine rings is 1. The number of phenolic OH excluding ortho intramolecular Hbond substituents is 1. The smallest absolute Gasteiger partial charge is 0.234 e. The van der Waals surface area contributed by atoms with Crippen LogP contribution in [-0.2, 0) is 0 Å². The summed E-state index contributed by atoms with van der Waals surface area (Å²) in [6, 6.07) is 11.8. The Morgan fingerprint density at radius 1 is 0.897 bits per heavy atom. The van der Waals surface area contributed by atoms with Crippen molar-refractivity contribution in [3.63, 3.8) is 0 Å². The zero-order valence-electron chi connectivity index (χ0n) is 14.4. The zero-order valence-corrected chi connectivity index (χ0v) is 16.7. The normalized spacial score (nSPS) is 11.1. The molecule has 0 fully saturated rings. The maximum absolute atomic E-state index is 9.39. The van der Waals surface area contributed by atoms with E-state index in [0.29, 0.717) is 27.2 Å². The molecule has 0 amide bonds. The molecule has 0 saturated heterocycles. The average Bonchev–Trinajstić information content (AvgIpc) is 3.10. The highest BCUT2D eigenvalue weighted by Crippen LogP contribution is 2.39. The van der Waals surface area contributed by atoms with Gasteiger partial charge in [0.15, 0.2) is 10.1 Å². The Bertz CT molecular complexity index is 1150. The van der Waals surface area contributed by atoms with Gasteiger partial charge in [0.1, 0.15) is 11.4 Å². The summed E-state index contributed by atoms with van der Waals surface area (Å²) in [4.78, 5) is 20.5. The number of nitrogens with one attached hydrogen (secondary N) is 1. The van der Waals surface area contributed by atoms with Crippen molar-refractivity contribution in [1.82, 2.24) is 24.9 Å². The van der Waals surface area contributed by atoms with Gasteiger partial charge in [-0.15, -0.1) is 10.2 Å². The van der Waals surface area contributed by atoms with Crippen LogP contribution in [0.1, 0.15) is 0 Å². The summed E-state index contributed by atoms with van der Waals surface area (Å²) in [5.41, 5.74) is 1.74. The zero-order chi connectivity index (χ0) is 20.2. The van der Waals surface area contributed by atoms with Crippen molar-refractivity contribution in [2.75, 3.05) is 5.32 Å². The van der Waals surface area contributed by atoms with Crippen LogP contribution in [-0.4, -0.2) is 30.0 Å². The van der Waals surface area contributed by atoms with Gasteiger partial charge in [-0.1, -0.05) is 17.4 Å². The molecule has 0 atom stereocenters. The van der Waals surface area contributed by atoms with Gasteiger partial charge in [0.05, 0.1) is 11.4 Å². The SMILES string of the molecule is Oc1ccc(N=Nc2sc(Nc3nc(Cl)nc(Cl)n3)nc2-c2ccccn2)cc1. The van der Waals surface area contributed by atoms with Crippen molar-refractivity contribution in [1.29, 1.82) is 0 Å². The molecule has 0 aliphatic heterocycles. The monoisotopic (exact) mass is 444 g/mol. The molecule has 0 aliphatic carbocycles. The molecule has 0 unspecified atom stereocenters. The Balaban J connectivity index is 1.69. The Morgan fingerprint density at radius 2 is 1.66 bits per heavy atom. The van der Waals surface area contributed by atoms with Gasteiger partial charge in [-0.25, -0.2) is 4.98 Å². The van der Waals surface area contributed by atoms with Crippen LogP contribution in [0.2, 0.25) is 10.6 Å². The number of hydrogen-bond acceptors (Lipinski definition) is 10. The molecule has 0 aliphatic rings. The summed E-state index contributed by atoms with van der Waals surface area (Å²) in [6.45, 7) is 0. The molecule has 0 saturated carbocycles. The number of aromatic hydroxyl groups is 1. The minimum atomic E-state index is -0.0405. The molecule has 29 heavy (non-hydrogen) atoms. The molecule has 1 aromatic carbocycles. The number of anilines is 2. The third-order valence-electron chi connectivity index (χ3n) is 3.42. The molecule has 0 spiro atoms. The number of rotatable bonds is 5. The van der Waals surface area contributed by atoms with Crippen LogP contribution in [0.4, 0.5) is 21.8 Å². The Hall–Kier alpha value is -3.21. The predicted octanol–water partition coefficient (Wildman–Crippen LogP) is 5.56. The van der Waals surface area contributed by atoms with Crippen LogP contribution in [0.25, 0.3) is 11.4 Å². The minimum Gasteiger partial charge on any atom is -0.508 e. The summed E-state index contributed by atoms with van der Waals surface area (Å²) >= 11 is 12.8. The molecule has 12 heteroatoms. The standard InChI is InChI=1S/C17H10Cl2N8OS/c18-14-22-15(19)24-16(23-14)25-17-21-12(11-3-1-2-8-20-11)13(29-17)27-26-9-4-6-10(28)7-5-9/h1-8,28H,(H,21,22,23,24,25). The molecule has 4 rings (SSSR count). The second-order valence-corrected chi connectivity index (χ2v) is 7.08. The van der Waals surface area contributed by atoms with Gasteiger partial charge in [0, 0.05) is 6.20 Å². The maximum atomic E-state index is 9.39. The van der Waals surface area contributed by atoms with E-state index < -0.39 is 0 Å². The maximum Gasteiger partial charge on any atom is 0.234 e. The van der Waals surface area contributed by atoms with Gasteiger partial charge in [0.25, 0.3) is 0 Å². The van der Waals surface area contributed by atoms with Gasteiger partial charge < -0.3 is 5.11 Å². The highest BCUT2D eigenvalue weighted by molar-refractivity contribution is 7.19. The predicted molar refractivity (Wildman–Crippen MR) is 111 cm³/mol. The van der Waals surface area contributed by atoms with E-state index in [9.17, 15) is 5.11 Å². The molecule has 0 radical (unpaired) electrons. The third kappa shape index (κ3) is 4.80. The van der Waals surface area contributed by atoms with E-state index in [2.05, 4.69) is 40.5 Å². The molecule has 144 valence electrons. The average molecular weight is 445 g/mol. The lowest BCUT2D eigenvalue weighted by Gasteiger charge is -2.00. The van der Waals surface area contributed by atoms with Crippen LogP contribution in [0.5, 0.6) is 5.75 Å². The Morgan fingerprint density at radius 3 is 2.34 bits per heavy atom. The third-order valence-corrected chi connectivity index (χ3v) is 4.62. The number of benzene rings is 1. The first kappa shape index (κ1) is 19.1. The number of halogens is 2. The van der Waals surface area contributed by atoms with Gasteiger partial charge in [-0.2, -0.15) is 15.0 Å². The summed E-state index contributed by atoms with van der Waals surface area (Å²) in [5, 5.41) is 21.7. The molecular weight excluding hydrogens is 435 g/mol. The largest absolute Gasteiger partial charge is 0.508 e. The summed E-state index contributed by atoms with van der Waals surface area (Å²) in [5.74, 6) is 0.301. The summed E-state index contributed by atoms with van der Waals surface area (Å²) in [6.07, 6.45) is 1.66. The quantitative estimate of drug-likeness (QED) is 0.386. The molecule has 4 aromatic rings. The first-order chi connectivity index (χ1) is 14.1. The highest BCUT2D eigenvalue weighted by atomic mass is 35.5. The van der Waals surface area contributed by atoms with Crippen LogP contribution in [0, 0.1) is 0 Å². The van der Waals surface area contributed by atoms with Crippen molar-refractivity contribution in [2.24, 2.45) is 10.2 Å². The van der Waals surface area contributed by atoms with Crippen LogP contribution in [0.15, 0.2) is 58.9 Å². The van der Waals surface area contributed by atoms with E-state index in [0.717, 1.165) is 0 Å². The van der Waals surface area contributed by atoms with Gasteiger partial charge in [-0.05, 0) is 59.6 Å². The fourth-order valence-electron chi connectivity index (χ4n) is 2.20. The number of nitrogens with zero attached hydrogens (tertiary/aromatic N) is 7. The van der Waals surface area contributed by atoms with Gasteiger partial charge >= 0.3 is 0 Å². The minimum absolute atomic E-state index is 0.0405. The van der Waals surface area contributed by atoms with E-state index in [4.69, 9.17) is 23.2 Å². The Labute approximate surface area is 178 Å². The lowest BCUT2D eigenvalue weighted by atomic mass is 10.3. The van der Waals surface area contributed by atoms with Crippen molar-refractivity contribution in [2.45, 2.75) is 0 Å². The van der Waals surface area contributed by atoms with E-state index in [1.54, 1.807) is 18.3 Å². The van der Waals surface area contributed by atoms with Crippen molar-refractivity contribution < 1.29 is 5.11 Å². The summed E-state index contributed by atoms with van der Waals surface area (Å²) in [7, 11) is 0. The molecule has 0 bridgehead atoms. The van der Waals surface area contributed by atoms with E-state index in [-0.39, 0.29) is 22.3 Å². The molecule has 2 N–H and O–H groups in total. The van der Waals surface area contributed by atoms with E-state index in [1.165, 1.54) is 23.5 Å². The van der Waals surface area contributed by atoms with Crippen molar-refractivity contribution in [3.05, 3.63) is 59.2 Å². The topological polar surface area (TPSA) is 121 Å². The fourth-order valence-corrected chi connectivity index (χ4v) is 3.36. The first-order valence-electron chi connectivity index (χ1n) is 8.04. The second-order valence-electron chi connectivity index (χ2n) is 5.43. The molecule has 9 nitrogen and oxygen atoms in total. The van der Waals surface area contributed by atoms with Crippen molar-refractivity contribution >= 4 is 56.3 Å². The molecular formula is C17H10Cl2N8OS. The van der Waals surface area contributed by atoms with E-state index in [1.807, 2.05) is 18.2 Å².